The molecule has 0 radical (unpaired) electrons. The molecule has 0 aliphatic carbocycles. The third-order valence-electron chi connectivity index (χ3n) is 0.236. The Morgan fingerprint density at radius 1 is 1.50 bits per heavy atom. The Labute approximate surface area is 70.7 Å². The van der Waals surface area contributed by atoms with Gasteiger partial charge in [-0.05, 0) is 6.92 Å². The molecule has 0 fully saturated rings. The van der Waals surface area contributed by atoms with Crippen LogP contribution < -0.4 is 5.11 Å². The van der Waals surface area contributed by atoms with E-state index in [9.17, 15) is 4.79 Å². The molecule has 10 heavy (non-hydrogen) atoms. The van der Waals surface area contributed by atoms with Crippen molar-refractivity contribution in [2.24, 2.45) is 5.92 Å². The van der Waals surface area contributed by atoms with Gasteiger partial charge in [-0.1, -0.05) is 13.8 Å². The predicted octanol–water partition coefficient (Wildman–Crippen LogP) is -0.494. The van der Waals surface area contributed by atoms with Crippen molar-refractivity contribution >= 4 is 12.3 Å². The summed E-state index contributed by atoms with van der Waals surface area (Å²) in [5.41, 5.74) is 0. The smallest absolute Gasteiger partial charge is 0.550 e. The molecule has 0 spiro atoms. The zero-order valence-corrected chi connectivity index (χ0v) is 7.11. The number of carbonyl (C=O) groups is 1. The van der Waals surface area contributed by atoms with E-state index in [1.165, 1.54) is 0 Å². The van der Waals surface area contributed by atoms with Crippen molar-refractivity contribution < 1.29 is 31.2 Å². The average molecular weight is 189 g/mol. The van der Waals surface area contributed by atoms with Gasteiger partial charge in [-0.2, -0.15) is 0 Å². The topological polar surface area (TPSA) is 57.2 Å². The van der Waals surface area contributed by atoms with E-state index in [0.717, 1.165) is 6.92 Å². The van der Waals surface area contributed by atoms with Crippen LogP contribution in [0.5, 0.6) is 0 Å². The molecule has 0 N–H and O–H groups in total. The van der Waals surface area contributed by atoms with E-state index in [2.05, 4.69) is 0 Å². The van der Waals surface area contributed by atoms with Gasteiger partial charge in [0.05, 0.1) is 0 Å². The normalized spacial score (nSPS) is 6.80. The summed E-state index contributed by atoms with van der Waals surface area (Å²) in [6.45, 7) is 4.57. The molecule has 62 valence electrons. The molecule has 0 atom stereocenters. The summed E-state index contributed by atoms with van der Waals surface area (Å²) in [5.74, 6) is -1.00. The quantitative estimate of drug-likeness (QED) is 0.412. The first-order valence-electron chi connectivity index (χ1n) is 2.56. The van der Waals surface area contributed by atoms with E-state index < -0.39 is 5.97 Å². The zero-order chi connectivity index (χ0) is 7.86. The molecule has 0 heterocycles. The fourth-order valence-corrected chi connectivity index (χ4v) is 0. The van der Waals surface area contributed by atoms with Crippen LogP contribution in [0.3, 0.4) is 0 Å². The van der Waals surface area contributed by atoms with Crippen LogP contribution >= 0.6 is 0 Å². The SMILES string of the molecule is CC(=O)[O-].CC(C)[C-]=O.[Ni+2]. The minimum atomic E-state index is -1.08. The van der Waals surface area contributed by atoms with Crippen LogP contribution in [0.25, 0.3) is 0 Å². The second-order valence-corrected chi connectivity index (χ2v) is 1.76. The van der Waals surface area contributed by atoms with Crippen molar-refractivity contribution in [2.45, 2.75) is 20.8 Å². The monoisotopic (exact) mass is 188 g/mol. The van der Waals surface area contributed by atoms with E-state index in [4.69, 9.17) is 9.90 Å². The van der Waals surface area contributed by atoms with E-state index >= 15 is 0 Å². The maximum absolute atomic E-state index is 9.38. The number of carboxylic acid groups (broad SMARTS) is 1. The molecule has 0 aromatic carbocycles. The maximum atomic E-state index is 9.38. The third kappa shape index (κ3) is 126. The summed E-state index contributed by atoms with van der Waals surface area (Å²) in [7, 11) is 0. The first-order chi connectivity index (χ1) is 4.00. The van der Waals surface area contributed by atoms with Gasteiger partial charge in [-0.15, -0.1) is 5.92 Å². The minimum absolute atomic E-state index is 0. The van der Waals surface area contributed by atoms with Crippen molar-refractivity contribution in [2.75, 3.05) is 0 Å². The molecular formula is C6H10NiO3. The molecule has 3 nitrogen and oxygen atoms in total. The number of rotatable bonds is 1. The Balaban J connectivity index is -0.0000000910. The summed E-state index contributed by atoms with van der Waals surface area (Å²) in [6, 6.07) is 0. The van der Waals surface area contributed by atoms with Crippen LogP contribution in [0.15, 0.2) is 0 Å². The molecule has 0 rings (SSSR count). The van der Waals surface area contributed by atoms with Gasteiger partial charge in [-0.3, -0.25) is 6.29 Å². The molecule has 4 heteroatoms. The summed E-state index contributed by atoms with van der Waals surface area (Å²) < 4.78 is 0. The van der Waals surface area contributed by atoms with Crippen LogP contribution in [0, 0.1) is 5.92 Å². The van der Waals surface area contributed by atoms with Gasteiger partial charge in [0.1, 0.15) is 0 Å². The van der Waals surface area contributed by atoms with Crippen molar-refractivity contribution in [1.29, 1.82) is 0 Å². The molecule has 0 aliphatic heterocycles. The summed E-state index contributed by atoms with van der Waals surface area (Å²) in [4.78, 5) is 18.3. The van der Waals surface area contributed by atoms with Crippen LogP contribution in [0.4, 0.5) is 0 Å². The van der Waals surface area contributed by atoms with E-state index in [1.54, 1.807) is 20.1 Å². The summed E-state index contributed by atoms with van der Waals surface area (Å²) in [5, 5.41) is 8.89. The Hall–Kier alpha value is -0.366. The summed E-state index contributed by atoms with van der Waals surface area (Å²) in [6.07, 6.45) is 1.78. The van der Waals surface area contributed by atoms with Gasteiger partial charge in [-0.25, -0.2) is 0 Å². The standard InChI is InChI=1S/C4H7O.C2H4O2.Ni/c1-4(2)3-5;1-2(3)4;/h4H,1-2H3;1H3,(H,3,4);/q-1;;+2/p-1. The molecule has 0 aromatic heterocycles. The van der Waals surface area contributed by atoms with E-state index in [1.807, 2.05) is 0 Å². The minimum Gasteiger partial charge on any atom is -0.550 e. The molecule has 0 amide bonds. The zero-order valence-electron chi connectivity index (χ0n) is 6.12. The Bertz CT molecular complexity index is 87.0. The number of carboxylic acids is 1. The number of hydrogen-bond donors (Lipinski definition) is 0. The van der Waals surface area contributed by atoms with Gasteiger partial charge in [0, 0.05) is 5.97 Å². The first kappa shape index (κ1) is 16.3. The second-order valence-electron chi connectivity index (χ2n) is 1.76. The van der Waals surface area contributed by atoms with Gasteiger partial charge < -0.3 is 14.7 Å². The fraction of sp³-hybridized carbons (Fsp3) is 0.667. The van der Waals surface area contributed by atoms with Gasteiger partial charge >= 0.3 is 16.5 Å². The third-order valence-corrected chi connectivity index (χ3v) is 0.236. The van der Waals surface area contributed by atoms with Crippen LogP contribution in [0.2, 0.25) is 0 Å². The van der Waals surface area contributed by atoms with Crippen molar-refractivity contribution in [3.63, 3.8) is 0 Å². The van der Waals surface area contributed by atoms with Gasteiger partial charge in [0.25, 0.3) is 0 Å². The Morgan fingerprint density at radius 3 is 1.60 bits per heavy atom. The van der Waals surface area contributed by atoms with Crippen LogP contribution in [-0.2, 0) is 26.1 Å². The van der Waals surface area contributed by atoms with Gasteiger partial charge in [0.2, 0.25) is 0 Å². The van der Waals surface area contributed by atoms with E-state index in [-0.39, 0.29) is 22.4 Å². The maximum Gasteiger partial charge on any atom is 2.00 e. The number of carbonyl (C=O) groups excluding carboxylic acids is 2. The molecule has 0 bridgehead atoms. The predicted molar refractivity (Wildman–Crippen MR) is 31.2 cm³/mol. The first-order valence-corrected chi connectivity index (χ1v) is 2.56. The van der Waals surface area contributed by atoms with E-state index in [0.29, 0.717) is 0 Å². The Morgan fingerprint density at radius 2 is 1.60 bits per heavy atom. The molecular weight excluding hydrogens is 179 g/mol. The largest absolute Gasteiger partial charge is 2.00 e. The fourth-order valence-electron chi connectivity index (χ4n) is 0. The molecule has 0 saturated heterocycles. The van der Waals surface area contributed by atoms with Crippen molar-refractivity contribution in [3.05, 3.63) is 0 Å². The molecule has 0 aliphatic rings. The van der Waals surface area contributed by atoms with Crippen LogP contribution in [0.1, 0.15) is 20.8 Å². The van der Waals surface area contributed by atoms with Crippen LogP contribution in [-0.4, -0.2) is 12.3 Å². The average Bonchev–Trinajstić information content (AvgIpc) is 1.65. The van der Waals surface area contributed by atoms with Crippen molar-refractivity contribution in [3.8, 4) is 0 Å². The number of hydrogen-bond acceptors (Lipinski definition) is 3. The van der Waals surface area contributed by atoms with Crippen molar-refractivity contribution in [1.82, 2.24) is 0 Å². The molecule has 0 saturated carbocycles. The Kier molecular flexibility index (Phi) is 18.7. The number of aliphatic carboxylic acids is 1. The molecule has 0 unspecified atom stereocenters. The molecule has 0 aromatic rings. The second kappa shape index (κ2) is 11.4. The van der Waals surface area contributed by atoms with Gasteiger partial charge in [0.15, 0.2) is 0 Å². The summed E-state index contributed by atoms with van der Waals surface area (Å²) >= 11 is 0.